The van der Waals surface area contributed by atoms with Crippen molar-refractivity contribution >= 4 is 18.3 Å². The number of carboxylic acids is 1. The molecule has 8 heteroatoms. The molecule has 2 aromatic heterocycles. The van der Waals surface area contributed by atoms with E-state index in [2.05, 4.69) is 0 Å². The van der Waals surface area contributed by atoms with Crippen LogP contribution < -0.4 is 0 Å². The highest BCUT2D eigenvalue weighted by molar-refractivity contribution is 5.84. The van der Waals surface area contributed by atoms with Gasteiger partial charge in [0.2, 0.25) is 0 Å². The fourth-order valence-electron chi connectivity index (χ4n) is 1.27. The molecule has 0 fully saturated rings. The minimum Gasteiger partial charge on any atom is -0.478 e. The molecule has 0 saturated heterocycles. The van der Waals surface area contributed by atoms with Gasteiger partial charge < -0.3 is 24.2 Å². The first-order chi connectivity index (χ1) is 11.1. The summed E-state index contributed by atoms with van der Waals surface area (Å²) in [5, 5.41) is 25.3. The van der Waals surface area contributed by atoms with E-state index in [4.69, 9.17) is 24.2 Å². The molecule has 2 aromatic rings. The van der Waals surface area contributed by atoms with E-state index in [9.17, 15) is 14.0 Å². The van der Waals surface area contributed by atoms with Crippen LogP contribution in [0.3, 0.4) is 0 Å². The Balaban J connectivity index is 0.000000392. The van der Waals surface area contributed by atoms with E-state index >= 15 is 0 Å². The molecule has 2 rings (SSSR count). The number of hydrogen-bond acceptors (Lipinski definition) is 6. The van der Waals surface area contributed by atoms with Gasteiger partial charge in [0, 0.05) is 6.08 Å². The summed E-state index contributed by atoms with van der Waals surface area (Å²) in [6.45, 7) is -0.339. The second kappa shape index (κ2) is 11.9. The first kappa shape index (κ1) is 20.3. The van der Waals surface area contributed by atoms with E-state index in [1.165, 1.54) is 12.1 Å². The Morgan fingerprint density at radius 1 is 1.04 bits per heavy atom. The molecule has 2 heterocycles. The quantitative estimate of drug-likeness (QED) is 0.567. The summed E-state index contributed by atoms with van der Waals surface area (Å²) >= 11 is 0. The lowest BCUT2D eigenvalue weighted by Gasteiger charge is -1.85. The minimum absolute atomic E-state index is 0.159. The van der Waals surface area contributed by atoms with Gasteiger partial charge in [-0.1, -0.05) is 0 Å². The van der Waals surface area contributed by atoms with Crippen molar-refractivity contribution in [3.05, 3.63) is 53.4 Å². The highest BCUT2D eigenvalue weighted by Crippen LogP contribution is 2.08. The summed E-state index contributed by atoms with van der Waals surface area (Å²) in [7, 11) is 0.500. The third-order valence-electron chi connectivity index (χ3n) is 2.18. The lowest BCUT2D eigenvalue weighted by molar-refractivity contribution is -0.131. The number of carbonyl (C=O) groups excluding carboxylic acids is 1. The summed E-state index contributed by atoms with van der Waals surface area (Å²) < 4.78 is 19.2. The Hall–Kier alpha value is -2.71. The predicted octanol–water partition coefficient (Wildman–Crippen LogP) is 2.04. The van der Waals surface area contributed by atoms with Crippen LogP contribution >= 0.6 is 0 Å². The van der Waals surface area contributed by atoms with Crippen LogP contribution in [0, 0.1) is 0 Å². The van der Waals surface area contributed by atoms with Crippen LogP contribution in [-0.4, -0.2) is 34.8 Å². The lowest BCUT2D eigenvalue weighted by atomic mass is 10.4. The van der Waals surface area contributed by atoms with Gasteiger partial charge in [-0.25, -0.2) is 4.79 Å². The van der Waals surface area contributed by atoms with Crippen LogP contribution in [0.15, 0.2) is 39.2 Å². The van der Waals surface area contributed by atoms with Crippen LogP contribution in [0.2, 0.25) is 0 Å². The molecule has 0 aliphatic rings. The number of aliphatic carboxylic acids is 1. The van der Waals surface area contributed by atoms with Crippen molar-refractivity contribution in [1.29, 1.82) is 0 Å². The van der Waals surface area contributed by atoms with E-state index in [0.29, 0.717) is 30.7 Å². The molecule has 0 aliphatic carbocycles. The van der Waals surface area contributed by atoms with E-state index in [1.807, 2.05) is 0 Å². The topological polar surface area (TPSA) is 121 Å². The molecule has 23 heavy (non-hydrogen) atoms. The first-order valence-corrected chi connectivity index (χ1v) is 6.22. The number of carboxylic acid groups (broad SMARTS) is 1. The molecule has 0 spiro atoms. The summed E-state index contributed by atoms with van der Waals surface area (Å²) in [6.07, 6.45) is 2.89. The third-order valence-corrected chi connectivity index (χ3v) is 2.18. The molecule has 0 atom stereocenters. The lowest BCUT2D eigenvalue weighted by Crippen LogP contribution is -1.84. The van der Waals surface area contributed by atoms with Gasteiger partial charge in [0.1, 0.15) is 30.5 Å². The highest BCUT2D eigenvalue weighted by Gasteiger charge is 1.97. The van der Waals surface area contributed by atoms with Gasteiger partial charge in [-0.15, -0.1) is 0 Å². The zero-order chi connectivity index (χ0) is 17.7. The standard InChI is InChI=1S/C8H8O4.C6H6O3.CH3F/c9-5-7-2-1-6(12-7)3-4-8(10)11;7-3-5-1-2-6(4-8)9-5;1-2/h1-4,9H,5H2,(H,10,11);1-3,8H,4H2;1H3/b4-3+;;. The van der Waals surface area contributed by atoms with E-state index < -0.39 is 5.97 Å². The first-order valence-electron chi connectivity index (χ1n) is 6.22. The van der Waals surface area contributed by atoms with Gasteiger partial charge in [0.15, 0.2) is 12.0 Å². The van der Waals surface area contributed by atoms with Crippen LogP contribution in [0.5, 0.6) is 0 Å². The largest absolute Gasteiger partial charge is 0.478 e. The number of hydrogen-bond donors (Lipinski definition) is 3. The van der Waals surface area contributed by atoms with Crippen molar-refractivity contribution in [2.75, 3.05) is 7.18 Å². The van der Waals surface area contributed by atoms with Crippen LogP contribution in [-0.2, 0) is 18.0 Å². The molecule has 0 unspecified atom stereocenters. The number of aldehydes is 1. The second-order valence-corrected chi connectivity index (χ2v) is 3.71. The molecule has 0 radical (unpaired) electrons. The zero-order valence-electron chi connectivity index (χ0n) is 12.3. The number of rotatable bonds is 5. The molecule has 3 N–H and O–H groups in total. The molecule has 0 saturated carbocycles. The van der Waals surface area contributed by atoms with Crippen LogP contribution in [0.1, 0.15) is 27.8 Å². The van der Waals surface area contributed by atoms with Crippen LogP contribution in [0.25, 0.3) is 6.08 Å². The average Bonchev–Trinajstić information content (AvgIpc) is 3.24. The molecule has 0 amide bonds. The number of aliphatic hydroxyl groups is 2. The van der Waals surface area contributed by atoms with Crippen molar-refractivity contribution in [2.45, 2.75) is 13.2 Å². The van der Waals surface area contributed by atoms with Gasteiger partial charge >= 0.3 is 5.97 Å². The molecular formula is C15H17FO7. The number of furan rings is 2. The molecule has 0 aliphatic heterocycles. The van der Waals surface area contributed by atoms with Crippen molar-refractivity contribution < 1.29 is 38.1 Å². The summed E-state index contributed by atoms with van der Waals surface area (Å²) in [4.78, 5) is 20.0. The molecule has 0 aromatic carbocycles. The fraction of sp³-hybridized carbons (Fsp3) is 0.200. The molecular weight excluding hydrogens is 311 g/mol. The maximum atomic E-state index is 10.1. The van der Waals surface area contributed by atoms with Gasteiger partial charge in [0.25, 0.3) is 0 Å². The summed E-state index contributed by atoms with van der Waals surface area (Å²) in [6, 6.07) is 6.24. The summed E-state index contributed by atoms with van der Waals surface area (Å²) in [5.41, 5.74) is 0. The maximum absolute atomic E-state index is 10.1. The number of aliphatic hydroxyl groups excluding tert-OH is 2. The van der Waals surface area contributed by atoms with E-state index in [0.717, 1.165) is 6.08 Å². The summed E-state index contributed by atoms with van der Waals surface area (Å²) in [5.74, 6) is 0.467. The predicted molar refractivity (Wildman–Crippen MR) is 78.4 cm³/mol. The zero-order valence-corrected chi connectivity index (χ0v) is 12.3. The van der Waals surface area contributed by atoms with Gasteiger partial charge in [-0.05, 0) is 30.3 Å². The smallest absolute Gasteiger partial charge is 0.328 e. The Morgan fingerprint density at radius 3 is 1.87 bits per heavy atom. The Bertz CT molecular complexity index is 613. The number of halogens is 1. The fourth-order valence-corrected chi connectivity index (χ4v) is 1.27. The van der Waals surface area contributed by atoms with Crippen molar-refractivity contribution in [3.63, 3.8) is 0 Å². The number of carbonyl (C=O) groups is 2. The normalized spacial score (nSPS) is 9.57. The maximum Gasteiger partial charge on any atom is 0.328 e. The monoisotopic (exact) mass is 328 g/mol. The van der Waals surface area contributed by atoms with Crippen molar-refractivity contribution in [2.24, 2.45) is 0 Å². The van der Waals surface area contributed by atoms with Crippen LogP contribution in [0.4, 0.5) is 4.39 Å². The van der Waals surface area contributed by atoms with E-state index in [-0.39, 0.29) is 19.0 Å². The Kier molecular flexibility index (Phi) is 10.5. The van der Waals surface area contributed by atoms with Crippen molar-refractivity contribution in [3.8, 4) is 0 Å². The van der Waals surface area contributed by atoms with Crippen molar-refractivity contribution in [1.82, 2.24) is 0 Å². The SMILES string of the molecule is CF.O=C(O)/C=C/c1ccc(CO)o1.O=Cc1ccc(CO)o1. The third kappa shape index (κ3) is 8.34. The highest BCUT2D eigenvalue weighted by atomic mass is 19.1. The Labute approximate surface area is 131 Å². The van der Waals surface area contributed by atoms with Gasteiger partial charge in [0.05, 0.1) is 7.18 Å². The van der Waals surface area contributed by atoms with Gasteiger partial charge in [-0.2, -0.15) is 0 Å². The van der Waals surface area contributed by atoms with Gasteiger partial charge in [-0.3, -0.25) is 9.18 Å². The van der Waals surface area contributed by atoms with E-state index in [1.54, 1.807) is 18.2 Å². The Morgan fingerprint density at radius 2 is 1.52 bits per heavy atom. The second-order valence-electron chi connectivity index (χ2n) is 3.71. The molecule has 7 nitrogen and oxygen atoms in total. The average molecular weight is 328 g/mol. The molecule has 0 bridgehead atoms. The molecule has 126 valence electrons. The number of alkyl halides is 1. The minimum atomic E-state index is -1.03.